The van der Waals surface area contributed by atoms with E-state index < -0.39 is 0 Å². The summed E-state index contributed by atoms with van der Waals surface area (Å²) in [6.07, 6.45) is 2.56. The van der Waals surface area contributed by atoms with E-state index in [1.165, 1.54) is 12.8 Å². The molecular formula is C10H23N. The van der Waals surface area contributed by atoms with Gasteiger partial charge < -0.3 is 5.32 Å². The van der Waals surface area contributed by atoms with Crippen LogP contribution in [0.25, 0.3) is 0 Å². The fraction of sp³-hybridized carbons (Fsp3) is 1.00. The van der Waals surface area contributed by atoms with Crippen molar-refractivity contribution in [1.29, 1.82) is 0 Å². The van der Waals surface area contributed by atoms with Crippen molar-refractivity contribution in [3.8, 4) is 0 Å². The highest BCUT2D eigenvalue weighted by Gasteiger charge is 2.28. The minimum absolute atomic E-state index is 0.523. The van der Waals surface area contributed by atoms with Crippen LogP contribution in [0.1, 0.15) is 40.5 Å². The third-order valence-electron chi connectivity index (χ3n) is 3.16. The minimum atomic E-state index is 0.523. The molecule has 1 heteroatoms. The highest BCUT2D eigenvalue weighted by Crippen LogP contribution is 2.33. The van der Waals surface area contributed by atoms with Crippen molar-refractivity contribution >= 4 is 0 Å². The molecule has 0 rings (SSSR count). The quantitative estimate of drug-likeness (QED) is 0.647. The van der Waals surface area contributed by atoms with Gasteiger partial charge in [0.05, 0.1) is 0 Å². The van der Waals surface area contributed by atoms with Crippen LogP contribution in [0.2, 0.25) is 0 Å². The Morgan fingerprint density at radius 2 is 1.64 bits per heavy atom. The average Bonchev–Trinajstić information content (AvgIpc) is 2.00. The average molecular weight is 157 g/mol. The molecule has 0 amide bonds. The Morgan fingerprint density at radius 3 is 1.73 bits per heavy atom. The van der Waals surface area contributed by atoms with Crippen LogP contribution >= 0.6 is 0 Å². The van der Waals surface area contributed by atoms with E-state index in [2.05, 4.69) is 33.0 Å². The molecule has 0 saturated heterocycles. The monoisotopic (exact) mass is 157 g/mol. The molecule has 1 nitrogen and oxygen atoms in total. The summed E-state index contributed by atoms with van der Waals surface area (Å²) >= 11 is 0. The molecule has 0 atom stereocenters. The molecule has 11 heavy (non-hydrogen) atoms. The highest BCUT2D eigenvalue weighted by atomic mass is 14.8. The largest absolute Gasteiger partial charge is 0.319 e. The Morgan fingerprint density at radius 1 is 1.18 bits per heavy atom. The molecule has 0 fully saturated rings. The zero-order valence-corrected chi connectivity index (χ0v) is 8.70. The lowest BCUT2D eigenvalue weighted by molar-refractivity contribution is 0.168. The van der Waals surface area contributed by atoms with Gasteiger partial charge in [-0.2, -0.15) is 0 Å². The van der Waals surface area contributed by atoms with Crippen molar-refractivity contribution in [3.05, 3.63) is 0 Å². The van der Waals surface area contributed by atoms with Gasteiger partial charge in [-0.15, -0.1) is 0 Å². The molecule has 0 bridgehead atoms. The topological polar surface area (TPSA) is 12.0 Å². The minimum Gasteiger partial charge on any atom is -0.319 e. The predicted molar refractivity (Wildman–Crippen MR) is 51.8 cm³/mol. The molecule has 0 aromatic carbocycles. The van der Waals surface area contributed by atoms with Gasteiger partial charge in [0.1, 0.15) is 0 Å². The summed E-state index contributed by atoms with van der Waals surface area (Å²) in [7, 11) is 2.04. The summed E-state index contributed by atoms with van der Waals surface area (Å²) in [5.74, 6) is 0.782. The molecule has 0 spiro atoms. The predicted octanol–water partition coefficient (Wildman–Crippen LogP) is 2.67. The van der Waals surface area contributed by atoms with Crippen LogP contribution < -0.4 is 5.32 Å². The SMILES string of the molecule is CCC(CC)(CNC)C(C)C. The number of hydrogen-bond acceptors (Lipinski definition) is 1. The molecule has 0 radical (unpaired) electrons. The van der Waals surface area contributed by atoms with E-state index in [0.717, 1.165) is 12.5 Å². The van der Waals surface area contributed by atoms with Crippen LogP contribution in [0, 0.1) is 11.3 Å². The maximum absolute atomic E-state index is 3.29. The third kappa shape index (κ3) is 2.48. The van der Waals surface area contributed by atoms with Crippen LogP contribution in [0.3, 0.4) is 0 Å². The Bertz CT molecular complexity index is 93.0. The van der Waals surface area contributed by atoms with Gasteiger partial charge in [-0.1, -0.05) is 27.7 Å². The van der Waals surface area contributed by atoms with Crippen LogP contribution in [0.15, 0.2) is 0 Å². The summed E-state index contributed by atoms with van der Waals surface area (Å²) in [4.78, 5) is 0. The second-order valence-corrected chi connectivity index (χ2v) is 3.75. The third-order valence-corrected chi connectivity index (χ3v) is 3.16. The van der Waals surface area contributed by atoms with E-state index in [1.807, 2.05) is 7.05 Å². The number of rotatable bonds is 5. The first kappa shape index (κ1) is 11.0. The summed E-state index contributed by atoms with van der Waals surface area (Å²) in [5.41, 5.74) is 0.523. The van der Waals surface area contributed by atoms with Crippen LogP contribution in [-0.4, -0.2) is 13.6 Å². The molecule has 0 saturated carbocycles. The van der Waals surface area contributed by atoms with Crippen molar-refractivity contribution in [1.82, 2.24) is 5.32 Å². The van der Waals surface area contributed by atoms with Crippen molar-refractivity contribution in [3.63, 3.8) is 0 Å². The molecule has 0 aliphatic rings. The Balaban J connectivity index is 4.20. The fourth-order valence-electron chi connectivity index (χ4n) is 1.87. The Kier molecular flexibility index (Phi) is 4.74. The van der Waals surface area contributed by atoms with Gasteiger partial charge >= 0.3 is 0 Å². The molecule has 0 aromatic heterocycles. The molecule has 68 valence electrons. The Labute approximate surface area is 71.6 Å². The zero-order valence-electron chi connectivity index (χ0n) is 8.70. The molecule has 0 aliphatic carbocycles. The first-order chi connectivity index (χ1) is 5.13. The normalized spacial score (nSPS) is 12.5. The second-order valence-electron chi connectivity index (χ2n) is 3.75. The molecule has 0 unspecified atom stereocenters. The van der Waals surface area contributed by atoms with E-state index in [4.69, 9.17) is 0 Å². The highest BCUT2D eigenvalue weighted by molar-refractivity contribution is 4.81. The zero-order chi connectivity index (χ0) is 8.91. The van der Waals surface area contributed by atoms with Crippen molar-refractivity contribution in [2.24, 2.45) is 11.3 Å². The van der Waals surface area contributed by atoms with Gasteiger partial charge in [0.15, 0.2) is 0 Å². The van der Waals surface area contributed by atoms with Crippen LogP contribution in [-0.2, 0) is 0 Å². The summed E-state index contributed by atoms with van der Waals surface area (Å²) in [6, 6.07) is 0. The van der Waals surface area contributed by atoms with Crippen LogP contribution in [0.4, 0.5) is 0 Å². The van der Waals surface area contributed by atoms with Gasteiger partial charge in [0.2, 0.25) is 0 Å². The van der Waals surface area contributed by atoms with Gasteiger partial charge in [-0.3, -0.25) is 0 Å². The van der Waals surface area contributed by atoms with E-state index in [-0.39, 0.29) is 0 Å². The Hall–Kier alpha value is -0.0400. The van der Waals surface area contributed by atoms with Gasteiger partial charge in [-0.25, -0.2) is 0 Å². The lowest BCUT2D eigenvalue weighted by Gasteiger charge is -2.35. The van der Waals surface area contributed by atoms with Crippen molar-refractivity contribution < 1.29 is 0 Å². The van der Waals surface area contributed by atoms with Crippen LogP contribution in [0.5, 0.6) is 0 Å². The second kappa shape index (κ2) is 4.76. The summed E-state index contributed by atoms with van der Waals surface area (Å²) in [5, 5.41) is 3.29. The lowest BCUT2D eigenvalue weighted by atomic mass is 9.73. The maximum Gasteiger partial charge on any atom is 0.000705 e. The van der Waals surface area contributed by atoms with E-state index in [1.54, 1.807) is 0 Å². The molecule has 0 heterocycles. The first-order valence-corrected chi connectivity index (χ1v) is 4.77. The van der Waals surface area contributed by atoms with E-state index >= 15 is 0 Å². The smallest absolute Gasteiger partial charge is 0.000705 e. The van der Waals surface area contributed by atoms with Gasteiger partial charge in [-0.05, 0) is 31.2 Å². The number of hydrogen-bond donors (Lipinski definition) is 1. The van der Waals surface area contributed by atoms with Gasteiger partial charge in [0, 0.05) is 6.54 Å². The van der Waals surface area contributed by atoms with E-state index in [0.29, 0.717) is 5.41 Å². The standard InChI is InChI=1S/C10H23N/c1-6-10(7-2,8-11-5)9(3)4/h9,11H,6-8H2,1-5H3. The van der Waals surface area contributed by atoms with E-state index in [9.17, 15) is 0 Å². The van der Waals surface area contributed by atoms with Gasteiger partial charge in [0.25, 0.3) is 0 Å². The molecule has 0 aliphatic heterocycles. The van der Waals surface area contributed by atoms with Crippen molar-refractivity contribution in [2.45, 2.75) is 40.5 Å². The lowest BCUT2D eigenvalue weighted by Crippen LogP contribution is -2.36. The summed E-state index contributed by atoms with van der Waals surface area (Å²) in [6.45, 7) is 10.4. The molecule has 0 aromatic rings. The fourth-order valence-corrected chi connectivity index (χ4v) is 1.87. The summed E-state index contributed by atoms with van der Waals surface area (Å²) < 4.78 is 0. The molecular weight excluding hydrogens is 134 g/mol. The number of nitrogens with one attached hydrogen (secondary N) is 1. The first-order valence-electron chi connectivity index (χ1n) is 4.77. The van der Waals surface area contributed by atoms with Crippen molar-refractivity contribution in [2.75, 3.05) is 13.6 Å². The molecule has 1 N–H and O–H groups in total. The maximum atomic E-state index is 3.29.